The lowest BCUT2D eigenvalue weighted by molar-refractivity contribution is -0.115. The van der Waals surface area contributed by atoms with Crippen molar-refractivity contribution in [1.29, 1.82) is 0 Å². The molecule has 1 heterocycles. The van der Waals surface area contributed by atoms with Crippen LogP contribution in [0.3, 0.4) is 0 Å². The smallest absolute Gasteiger partial charge is 0.326 e. The van der Waals surface area contributed by atoms with Crippen LogP contribution >= 0.6 is 11.6 Å². The zero-order chi connectivity index (χ0) is 16.2. The van der Waals surface area contributed by atoms with Crippen molar-refractivity contribution in [3.8, 4) is 5.75 Å². The van der Waals surface area contributed by atoms with Gasteiger partial charge < -0.3 is 10.1 Å². The average molecular weight is 329 g/mol. The summed E-state index contributed by atoms with van der Waals surface area (Å²) in [5.74, 6) is 0.129. The SMILES string of the molecule is O=C1NC(=O)/C(=C/c2ccccc2OCc2ccccc2Cl)N1. The third-order valence-corrected chi connectivity index (χ3v) is 3.65. The molecule has 1 aliphatic rings. The Morgan fingerprint density at radius 3 is 2.48 bits per heavy atom. The Bertz CT molecular complexity index is 802. The fourth-order valence-corrected chi connectivity index (χ4v) is 2.33. The van der Waals surface area contributed by atoms with Gasteiger partial charge in [-0.2, -0.15) is 0 Å². The van der Waals surface area contributed by atoms with E-state index in [0.29, 0.717) is 22.9 Å². The normalized spacial score (nSPS) is 15.4. The second kappa shape index (κ2) is 6.54. The highest BCUT2D eigenvalue weighted by molar-refractivity contribution is 6.31. The summed E-state index contributed by atoms with van der Waals surface area (Å²) >= 11 is 6.11. The minimum absolute atomic E-state index is 0.184. The van der Waals surface area contributed by atoms with Crippen molar-refractivity contribution in [2.24, 2.45) is 0 Å². The maximum Gasteiger partial charge on any atom is 0.326 e. The van der Waals surface area contributed by atoms with Crippen LogP contribution in [0.4, 0.5) is 4.79 Å². The fourth-order valence-electron chi connectivity index (χ4n) is 2.14. The molecule has 0 radical (unpaired) electrons. The van der Waals surface area contributed by atoms with E-state index in [1.54, 1.807) is 24.3 Å². The molecule has 2 aromatic carbocycles. The van der Waals surface area contributed by atoms with Gasteiger partial charge in [0.2, 0.25) is 0 Å². The molecule has 116 valence electrons. The molecule has 23 heavy (non-hydrogen) atoms. The molecule has 5 nitrogen and oxygen atoms in total. The monoisotopic (exact) mass is 328 g/mol. The zero-order valence-electron chi connectivity index (χ0n) is 12.0. The first-order valence-electron chi connectivity index (χ1n) is 6.93. The average Bonchev–Trinajstić information content (AvgIpc) is 2.85. The minimum Gasteiger partial charge on any atom is -0.488 e. The summed E-state index contributed by atoms with van der Waals surface area (Å²) in [5.41, 5.74) is 1.74. The van der Waals surface area contributed by atoms with E-state index in [9.17, 15) is 9.59 Å². The van der Waals surface area contributed by atoms with Gasteiger partial charge in [0.1, 0.15) is 18.1 Å². The predicted molar refractivity (Wildman–Crippen MR) is 86.9 cm³/mol. The van der Waals surface area contributed by atoms with Crippen LogP contribution < -0.4 is 15.4 Å². The van der Waals surface area contributed by atoms with E-state index in [-0.39, 0.29) is 5.70 Å². The number of carbonyl (C=O) groups is 2. The van der Waals surface area contributed by atoms with Gasteiger partial charge in [0.05, 0.1) is 0 Å². The molecule has 1 aliphatic heterocycles. The van der Waals surface area contributed by atoms with Crippen molar-refractivity contribution in [2.45, 2.75) is 6.61 Å². The maximum atomic E-state index is 11.6. The van der Waals surface area contributed by atoms with E-state index in [0.717, 1.165) is 5.56 Å². The van der Waals surface area contributed by atoms with Crippen LogP contribution in [0, 0.1) is 0 Å². The summed E-state index contributed by atoms with van der Waals surface area (Å²) in [4.78, 5) is 22.8. The van der Waals surface area contributed by atoms with Gasteiger partial charge in [-0.3, -0.25) is 10.1 Å². The van der Waals surface area contributed by atoms with Crippen molar-refractivity contribution in [3.05, 3.63) is 70.4 Å². The molecular formula is C17H13ClN2O3. The van der Waals surface area contributed by atoms with Crippen LogP contribution in [0.5, 0.6) is 5.75 Å². The fraction of sp³-hybridized carbons (Fsp3) is 0.0588. The molecule has 2 aromatic rings. The first-order chi connectivity index (χ1) is 11.1. The third-order valence-electron chi connectivity index (χ3n) is 3.28. The summed E-state index contributed by atoms with van der Waals surface area (Å²) in [6.07, 6.45) is 1.57. The van der Waals surface area contributed by atoms with Crippen LogP contribution in [-0.2, 0) is 11.4 Å². The standard InChI is InChI=1S/C17H13ClN2O3/c18-13-7-3-1-6-12(13)10-23-15-8-4-2-5-11(15)9-14-16(21)20-17(22)19-14/h1-9H,10H2,(H2,19,20,21,22)/b14-9-. The summed E-state index contributed by atoms with van der Waals surface area (Å²) < 4.78 is 5.80. The Kier molecular flexibility index (Phi) is 4.30. The van der Waals surface area contributed by atoms with Crippen LogP contribution in [-0.4, -0.2) is 11.9 Å². The first-order valence-corrected chi connectivity index (χ1v) is 7.30. The molecule has 1 saturated heterocycles. The van der Waals surface area contributed by atoms with E-state index in [4.69, 9.17) is 16.3 Å². The molecule has 1 fully saturated rings. The Labute approximate surface area is 137 Å². The number of benzene rings is 2. The molecule has 0 atom stereocenters. The lowest BCUT2D eigenvalue weighted by atomic mass is 10.1. The van der Waals surface area contributed by atoms with Crippen LogP contribution in [0.25, 0.3) is 6.08 Å². The van der Waals surface area contributed by atoms with E-state index < -0.39 is 11.9 Å². The van der Waals surface area contributed by atoms with Crippen molar-refractivity contribution in [2.75, 3.05) is 0 Å². The Morgan fingerprint density at radius 1 is 1.00 bits per heavy atom. The molecule has 2 N–H and O–H groups in total. The Morgan fingerprint density at radius 2 is 1.74 bits per heavy atom. The van der Waals surface area contributed by atoms with Gasteiger partial charge in [0.15, 0.2) is 0 Å². The number of amides is 3. The van der Waals surface area contributed by atoms with Gasteiger partial charge in [-0.1, -0.05) is 48.0 Å². The molecule has 3 rings (SSSR count). The van der Waals surface area contributed by atoms with Crippen molar-refractivity contribution in [3.63, 3.8) is 0 Å². The highest BCUT2D eigenvalue weighted by Gasteiger charge is 2.23. The van der Waals surface area contributed by atoms with Crippen LogP contribution in [0.15, 0.2) is 54.2 Å². The molecular weight excluding hydrogens is 316 g/mol. The number of hydrogen-bond donors (Lipinski definition) is 2. The number of nitrogens with one attached hydrogen (secondary N) is 2. The lowest BCUT2D eigenvalue weighted by Crippen LogP contribution is -2.22. The molecule has 0 spiro atoms. The molecule has 3 amide bonds. The summed E-state index contributed by atoms with van der Waals surface area (Å²) in [6, 6.07) is 14.1. The summed E-state index contributed by atoms with van der Waals surface area (Å²) in [5, 5.41) is 5.23. The number of imide groups is 1. The van der Waals surface area contributed by atoms with Crippen molar-refractivity contribution < 1.29 is 14.3 Å². The van der Waals surface area contributed by atoms with Gasteiger partial charge in [-0.25, -0.2) is 4.79 Å². The van der Waals surface area contributed by atoms with Gasteiger partial charge in [-0.15, -0.1) is 0 Å². The molecule has 0 aliphatic carbocycles. The quantitative estimate of drug-likeness (QED) is 0.669. The van der Waals surface area contributed by atoms with Crippen molar-refractivity contribution >= 4 is 29.6 Å². The van der Waals surface area contributed by atoms with E-state index in [2.05, 4.69) is 10.6 Å². The van der Waals surface area contributed by atoms with Crippen LogP contribution in [0.2, 0.25) is 5.02 Å². The first kappa shape index (κ1) is 15.1. The number of rotatable bonds is 4. The van der Waals surface area contributed by atoms with Gasteiger partial charge in [0, 0.05) is 16.1 Å². The lowest BCUT2D eigenvalue weighted by Gasteiger charge is -2.10. The molecule has 0 saturated carbocycles. The summed E-state index contributed by atoms with van der Waals surface area (Å²) in [6.45, 7) is 0.304. The van der Waals surface area contributed by atoms with Gasteiger partial charge in [0.25, 0.3) is 5.91 Å². The maximum absolute atomic E-state index is 11.6. The highest BCUT2D eigenvalue weighted by atomic mass is 35.5. The Balaban J connectivity index is 1.81. The predicted octanol–water partition coefficient (Wildman–Crippen LogP) is 3.10. The van der Waals surface area contributed by atoms with E-state index in [1.165, 1.54) is 0 Å². The number of carbonyl (C=O) groups excluding carboxylic acids is 2. The minimum atomic E-state index is -0.532. The van der Waals surface area contributed by atoms with Gasteiger partial charge >= 0.3 is 6.03 Å². The Hall–Kier alpha value is -2.79. The zero-order valence-corrected chi connectivity index (χ0v) is 12.8. The largest absolute Gasteiger partial charge is 0.488 e. The number of halogens is 1. The number of hydrogen-bond acceptors (Lipinski definition) is 3. The van der Waals surface area contributed by atoms with Gasteiger partial charge in [-0.05, 0) is 18.2 Å². The molecule has 0 bridgehead atoms. The topological polar surface area (TPSA) is 67.4 Å². The van der Waals surface area contributed by atoms with Crippen molar-refractivity contribution in [1.82, 2.24) is 10.6 Å². The summed E-state index contributed by atoms with van der Waals surface area (Å²) in [7, 11) is 0. The number of para-hydroxylation sites is 1. The molecule has 6 heteroatoms. The second-order valence-electron chi connectivity index (χ2n) is 4.88. The number of ether oxygens (including phenoxy) is 1. The molecule has 0 unspecified atom stereocenters. The highest BCUT2D eigenvalue weighted by Crippen LogP contribution is 2.24. The third kappa shape index (κ3) is 3.52. The second-order valence-corrected chi connectivity index (χ2v) is 5.29. The van der Waals surface area contributed by atoms with E-state index in [1.807, 2.05) is 30.3 Å². The number of urea groups is 1. The van der Waals surface area contributed by atoms with Crippen LogP contribution in [0.1, 0.15) is 11.1 Å². The molecule has 0 aromatic heterocycles. The van der Waals surface area contributed by atoms with E-state index >= 15 is 0 Å².